The van der Waals surface area contributed by atoms with Crippen LogP contribution in [-0.4, -0.2) is 37.5 Å². The number of aromatic nitrogens is 1. The maximum atomic E-state index is 13.3. The Morgan fingerprint density at radius 3 is 2.47 bits per heavy atom. The molecular formula is C25H20N4O6S. The summed E-state index contributed by atoms with van der Waals surface area (Å²) in [5.74, 6) is -2.57. The zero-order valence-corrected chi connectivity index (χ0v) is 20.3. The highest BCUT2D eigenvalue weighted by atomic mass is 32.1. The van der Waals surface area contributed by atoms with E-state index in [9.17, 15) is 29.6 Å². The molecule has 36 heavy (non-hydrogen) atoms. The van der Waals surface area contributed by atoms with Crippen molar-refractivity contribution in [2.75, 3.05) is 4.90 Å². The first-order valence-electron chi connectivity index (χ1n) is 10.7. The number of carboxylic acids is 1. The van der Waals surface area contributed by atoms with Crippen molar-refractivity contribution in [3.63, 3.8) is 0 Å². The van der Waals surface area contributed by atoms with Gasteiger partial charge in [0.1, 0.15) is 5.57 Å². The van der Waals surface area contributed by atoms with Crippen molar-refractivity contribution >= 4 is 52.6 Å². The molecule has 0 atom stereocenters. The van der Waals surface area contributed by atoms with E-state index in [4.69, 9.17) is 12.2 Å². The summed E-state index contributed by atoms with van der Waals surface area (Å²) in [6.45, 7) is 5.24. The van der Waals surface area contributed by atoms with Gasteiger partial charge < -0.3 is 9.67 Å². The Hall–Kier alpha value is -4.64. The van der Waals surface area contributed by atoms with E-state index >= 15 is 0 Å². The fourth-order valence-corrected chi connectivity index (χ4v) is 4.37. The van der Waals surface area contributed by atoms with Gasteiger partial charge in [0.05, 0.1) is 21.9 Å². The largest absolute Gasteiger partial charge is 0.478 e. The Morgan fingerprint density at radius 1 is 1.08 bits per heavy atom. The summed E-state index contributed by atoms with van der Waals surface area (Å²) in [6.07, 6.45) is 1.43. The number of nitrogens with zero attached hydrogens (tertiary/aromatic N) is 3. The number of benzene rings is 2. The second kappa shape index (κ2) is 9.19. The summed E-state index contributed by atoms with van der Waals surface area (Å²) >= 11 is 5.19. The predicted octanol–water partition coefficient (Wildman–Crippen LogP) is 3.84. The molecule has 182 valence electrons. The van der Waals surface area contributed by atoms with Gasteiger partial charge >= 0.3 is 5.97 Å². The summed E-state index contributed by atoms with van der Waals surface area (Å²) < 4.78 is 1.79. The van der Waals surface area contributed by atoms with Crippen molar-refractivity contribution in [2.24, 2.45) is 0 Å². The van der Waals surface area contributed by atoms with Crippen LogP contribution in [0.15, 0.2) is 54.1 Å². The molecule has 11 heteroatoms. The summed E-state index contributed by atoms with van der Waals surface area (Å²) in [5, 5.41) is 23.0. The number of nitro groups is 1. The number of thiocarbonyl (C=S) groups is 1. The number of amides is 2. The lowest BCUT2D eigenvalue weighted by molar-refractivity contribution is -0.385. The zero-order valence-electron chi connectivity index (χ0n) is 19.4. The lowest BCUT2D eigenvalue weighted by atomic mass is 10.1. The third kappa shape index (κ3) is 4.27. The first-order chi connectivity index (χ1) is 17.0. The number of hydrogen-bond donors (Lipinski definition) is 2. The summed E-state index contributed by atoms with van der Waals surface area (Å²) in [7, 11) is 0. The van der Waals surface area contributed by atoms with E-state index in [1.807, 2.05) is 6.92 Å². The average Bonchev–Trinajstić information content (AvgIpc) is 3.09. The number of hydrogen-bond acceptors (Lipinski definition) is 6. The smallest absolute Gasteiger partial charge is 0.335 e. The highest BCUT2D eigenvalue weighted by Crippen LogP contribution is 2.29. The van der Waals surface area contributed by atoms with Gasteiger partial charge in [0.15, 0.2) is 5.11 Å². The summed E-state index contributed by atoms with van der Waals surface area (Å²) in [5.41, 5.74) is 3.00. The molecule has 0 saturated carbocycles. The Bertz CT molecular complexity index is 1520. The second-order valence-corrected chi connectivity index (χ2v) is 8.59. The van der Waals surface area contributed by atoms with Crippen LogP contribution in [0.3, 0.4) is 0 Å². The van der Waals surface area contributed by atoms with E-state index in [-0.39, 0.29) is 27.6 Å². The number of anilines is 1. The van der Waals surface area contributed by atoms with Gasteiger partial charge in [-0.2, -0.15) is 0 Å². The van der Waals surface area contributed by atoms with Crippen LogP contribution in [0.25, 0.3) is 11.8 Å². The Kier molecular flexibility index (Phi) is 6.25. The number of rotatable bonds is 5. The van der Waals surface area contributed by atoms with Crippen molar-refractivity contribution in [3.8, 4) is 5.69 Å². The quantitative estimate of drug-likeness (QED) is 0.177. The van der Waals surface area contributed by atoms with Gasteiger partial charge in [0.2, 0.25) is 0 Å². The van der Waals surface area contributed by atoms with E-state index in [2.05, 4.69) is 5.32 Å². The molecule has 1 aliphatic heterocycles. The van der Waals surface area contributed by atoms with Crippen LogP contribution in [-0.2, 0) is 9.59 Å². The van der Waals surface area contributed by atoms with Crippen LogP contribution in [0.4, 0.5) is 11.4 Å². The molecule has 2 aromatic carbocycles. The Morgan fingerprint density at radius 2 is 1.81 bits per heavy atom. The molecule has 2 heterocycles. The number of aryl methyl sites for hydroxylation is 2. The van der Waals surface area contributed by atoms with E-state index in [1.54, 1.807) is 36.6 Å². The zero-order chi connectivity index (χ0) is 26.3. The van der Waals surface area contributed by atoms with Gasteiger partial charge in [-0.15, -0.1) is 0 Å². The van der Waals surface area contributed by atoms with E-state index in [1.165, 1.54) is 36.4 Å². The topological polar surface area (TPSA) is 135 Å². The molecule has 1 aromatic heterocycles. The highest BCUT2D eigenvalue weighted by Gasteiger charge is 2.35. The molecule has 3 aromatic rings. The van der Waals surface area contributed by atoms with Gasteiger partial charge in [-0.3, -0.25) is 29.9 Å². The third-order valence-electron chi connectivity index (χ3n) is 5.87. The van der Waals surface area contributed by atoms with Crippen LogP contribution in [0.5, 0.6) is 0 Å². The van der Waals surface area contributed by atoms with Gasteiger partial charge in [0.25, 0.3) is 17.5 Å². The minimum absolute atomic E-state index is 0.0190. The normalized spacial score (nSPS) is 14.8. The predicted molar refractivity (Wildman–Crippen MR) is 136 cm³/mol. The fraction of sp³-hybridized carbons (Fsp3) is 0.120. The van der Waals surface area contributed by atoms with Crippen molar-refractivity contribution in [3.05, 3.63) is 92.3 Å². The number of carboxylic acid groups (broad SMARTS) is 1. The minimum Gasteiger partial charge on any atom is -0.478 e. The lowest BCUT2D eigenvalue weighted by Crippen LogP contribution is -2.54. The van der Waals surface area contributed by atoms with Crippen molar-refractivity contribution in [1.82, 2.24) is 9.88 Å². The summed E-state index contributed by atoms with van der Waals surface area (Å²) in [6, 6.07) is 12.3. The van der Waals surface area contributed by atoms with Crippen molar-refractivity contribution in [2.45, 2.75) is 20.8 Å². The minimum atomic E-state index is -1.17. The van der Waals surface area contributed by atoms with Gasteiger partial charge in [0, 0.05) is 23.0 Å². The first-order valence-corrected chi connectivity index (χ1v) is 11.1. The molecule has 4 rings (SSSR count). The number of carbonyl (C=O) groups excluding carboxylic acids is 2. The maximum absolute atomic E-state index is 13.3. The molecule has 0 aliphatic carbocycles. The van der Waals surface area contributed by atoms with Crippen LogP contribution in [0.1, 0.15) is 32.9 Å². The Balaban J connectivity index is 1.77. The molecule has 0 spiro atoms. The molecule has 1 fully saturated rings. The molecular weight excluding hydrogens is 484 g/mol. The maximum Gasteiger partial charge on any atom is 0.335 e. The number of nitrogens with one attached hydrogen (secondary N) is 1. The molecule has 0 radical (unpaired) electrons. The molecule has 0 bridgehead atoms. The fourth-order valence-electron chi connectivity index (χ4n) is 4.09. The van der Waals surface area contributed by atoms with Crippen molar-refractivity contribution < 1.29 is 24.4 Å². The van der Waals surface area contributed by atoms with Crippen LogP contribution in [0, 0.1) is 30.9 Å². The van der Waals surface area contributed by atoms with Gasteiger partial charge in [-0.1, -0.05) is 12.1 Å². The van der Waals surface area contributed by atoms with Crippen LogP contribution in [0.2, 0.25) is 0 Å². The van der Waals surface area contributed by atoms with Crippen LogP contribution >= 0.6 is 12.2 Å². The van der Waals surface area contributed by atoms with Gasteiger partial charge in [-0.05, 0) is 75.0 Å². The number of carbonyl (C=O) groups is 3. The van der Waals surface area contributed by atoms with E-state index < -0.39 is 22.7 Å². The molecule has 0 unspecified atom stereocenters. The molecule has 2 amide bonds. The summed E-state index contributed by atoms with van der Waals surface area (Å²) in [4.78, 5) is 49.4. The Labute approximate surface area is 210 Å². The molecule has 1 saturated heterocycles. The highest BCUT2D eigenvalue weighted by molar-refractivity contribution is 7.80. The van der Waals surface area contributed by atoms with Gasteiger partial charge in [-0.25, -0.2) is 4.79 Å². The molecule has 10 nitrogen and oxygen atoms in total. The van der Waals surface area contributed by atoms with E-state index in [0.29, 0.717) is 22.5 Å². The van der Waals surface area contributed by atoms with Crippen molar-refractivity contribution in [1.29, 1.82) is 0 Å². The molecule has 1 aliphatic rings. The standard InChI is InChI=1S/C25H20N4O6S/c1-13-7-8-19(12-21(13)29(34)35)27-14(2)9-17(15(27)3)11-20-22(30)26-25(36)28(23(20)31)18-6-4-5-16(10-18)24(32)33/h4-12H,1-3H3,(H,32,33)(H,26,30,36). The second-order valence-electron chi connectivity index (χ2n) is 8.20. The van der Waals surface area contributed by atoms with Crippen LogP contribution < -0.4 is 10.2 Å². The first kappa shape index (κ1) is 24.5. The monoisotopic (exact) mass is 504 g/mol. The van der Waals surface area contributed by atoms with E-state index in [0.717, 1.165) is 10.6 Å². The average molecular weight is 505 g/mol. The molecule has 2 N–H and O–H groups in total. The number of nitro benzene ring substituents is 1. The lowest BCUT2D eigenvalue weighted by Gasteiger charge is -2.29. The number of aromatic carboxylic acids is 1. The SMILES string of the molecule is Cc1ccc(-n2c(C)cc(C=C3C(=O)NC(=S)N(c4cccc(C(=O)O)c4)C3=O)c2C)cc1[N+](=O)[O-]. The third-order valence-corrected chi connectivity index (χ3v) is 6.16.